The van der Waals surface area contributed by atoms with Crippen molar-refractivity contribution >= 4 is 6.01 Å². The zero-order valence-electron chi connectivity index (χ0n) is 7.78. The summed E-state index contributed by atoms with van der Waals surface area (Å²) in [5, 5.41) is 10.4. The van der Waals surface area contributed by atoms with Gasteiger partial charge in [-0.05, 0) is 6.92 Å². The minimum Gasteiger partial charge on any atom is -0.406 e. The molecule has 0 radical (unpaired) electrons. The highest BCUT2D eigenvalue weighted by Crippen LogP contribution is 2.10. The minimum absolute atomic E-state index is 0.231. The van der Waals surface area contributed by atoms with Crippen LogP contribution in [0.1, 0.15) is 18.9 Å². The van der Waals surface area contributed by atoms with E-state index >= 15 is 0 Å². The third kappa shape index (κ3) is 3.00. The summed E-state index contributed by atoms with van der Waals surface area (Å²) in [7, 11) is 1.63. The van der Waals surface area contributed by atoms with Crippen LogP contribution in [0.3, 0.4) is 0 Å². The van der Waals surface area contributed by atoms with Gasteiger partial charge in [-0.2, -0.15) is 0 Å². The molecule has 13 heavy (non-hydrogen) atoms. The van der Waals surface area contributed by atoms with E-state index in [1.165, 1.54) is 0 Å². The maximum absolute atomic E-state index is 5.53. The molecule has 1 aromatic heterocycles. The molecule has 1 atom stereocenters. The fourth-order valence-corrected chi connectivity index (χ4v) is 0.750. The number of hydrogen-bond acceptors (Lipinski definition) is 6. The Kier molecular flexibility index (Phi) is 3.66. The van der Waals surface area contributed by atoms with Crippen LogP contribution in [-0.4, -0.2) is 30.5 Å². The van der Waals surface area contributed by atoms with E-state index in [1.807, 2.05) is 0 Å². The van der Waals surface area contributed by atoms with Gasteiger partial charge in [-0.1, -0.05) is 5.10 Å². The van der Waals surface area contributed by atoms with Crippen LogP contribution < -0.4 is 11.1 Å². The zero-order valence-corrected chi connectivity index (χ0v) is 7.78. The van der Waals surface area contributed by atoms with E-state index in [9.17, 15) is 0 Å². The third-order valence-electron chi connectivity index (χ3n) is 1.41. The van der Waals surface area contributed by atoms with Gasteiger partial charge in [-0.3, -0.25) is 0 Å². The molecule has 1 unspecified atom stereocenters. The van der Waals surface area contributed by atoms with Gasteiger partial charge in [0.05, 0.1) is 12.6 Å². The van der Waals surface area contributed by atoms with Crippen LogP contribution in [0.2, 0.25) is 0 Å². The van der Waals surface area contributed by atoms with Crippen LogP contribution in [0, 0.1) is 0 Å². The van der Waals surface area contributed by atoms with Crippen molar-refractivity contribution in [2.45, 2.75) is 13.0 Å². The molecule has 0 saturated heterocycles. The summed E-state index contributed by atoms with van der Waals surface area (Å²) in [6, 6.07) is 0.148. The lowest BCUT2D eigenvalue weighted by Crippen LogP contribution is -2.07. The quantitative estimate of drug-likeness (QED) is 0.636. The highest BCUT2D eigenvalue weighted by atomic mass is 16.5. The SMILES string of the molecule is COCCNc1nnc(C(C)N)o1. The number of nitrogens with two attached hydrogens (primary N) is 1. The van der Waals surface area contributed by atoms with Gasteiger partial charge >= 0.3 is 6.01 Å². The fourth-order valence-electron chi connectivity index (χ4n) is 0.750. The summed E-state index contributed by atoms with van der Waals surface area (Å²) in [6.07, 6.45) is 0. The second-order valence-electron chi connectivity index (χ2n) is 2.65. The molecule has 0 aliphatic heterocycles. The smallest absolute Gasteiger partial charge is 0.315 e. The second kappa shape index (κ2) is 4.78. The number of anilines is 1. The maximum Gasteiger partial charge on any atom is 0.315 e. The standard InChI is InChI=1S/C7H14N4O2/c1-5(8)6-10-11-7(13-6)9-3-4-12-2/h5H,3-4,8H2,1-2H3,(H,9,11). The summed E-state index contributed by atoms with van der Waals surface area (Å²) in [6.45, 7) is 3.01. The van der Waals surface area contributed by atoms with Gasteiger partial charge < -0.3 is 20.2 Å². The highest BCUT2D eigenvalue weighted by Gasteiger charge is 2.08. The number of nitrogens with one attached hydrogen (secondary N) is 1. The van der Waals surface area contributed by atoms with E-state index in [0.29, 0.717) is 25.1 Å². The lowest BCUT2D eigenvalue weighted by Gasteiger charge is -1.99. The molecule has 0 spiro atoms. The fraction of sp³-hybridized carbons (Fsp3) is 0.714. The first-order valence-electron chi connectivity index (χ1n) is 4.06. The molecule has 6 nitrogen and oxygen atoms in total. The normalized spacial score (nSPS) is 12.8. The van der Waals surface area contributed by atoms with Crippen LogP contribution >= 0.6 is 0 Å². The zero-order chi connectivity index (χ0) is 9.68. The van der Waals surface area contributed by atoms with Crippen LogP contribution in [0.25, 0.3) is 0 Å². The Morgan fingerprint density at radius 3 is 2.92 bits per heavy atom. The molecule has 0 aliphatic rings. The summed E-state index contributed by atoms with van der Waals surface area (Å²) >= 11 is 0. The molecule has 0 amide bonds. The molecular weight excluding hydrogens is 172 g/mol. The van der Waals surface area contributed by atoms with Gasteiger partial charge in [0.2, 0.25) is 5.89 Å². The van der Waals surface area contributed by atoms with Gasteiger partial charge in [0.1, 0.15) is 0 Å². The largest absolute Gasteiger partial charge is 0.406 e. The molecule has 1 aromatic rings. The molecule has 0 saturated carbocycles. The molecular formula is C7H14N4O2. The predicted molar refractivity (Wildman–Crippen MR) is 47.3 cm³/mol. The topological polar surface area (TPSA) is 86.2 Å². The van der Waals surface area contributed by atoms with Crippen LogP contribution in [0.15, 0.2) is 4.42 Å². The second-order valence-corrected chi connectivity index (χ2v) is 2.65. The van der Waals surface area contributed by atoms with Gasteiger partial charge in [-0.15, -0.1) is 5.10 Å². The molecule has 74 valence electrons. The average Bonchev–Trinajstić information content (AvgIpc) is 2.53. The van der Waals surface area contributed by atoms with Gasteiger partial charge in [0, 0.05) is 13.7 Å². The van der Waals surface area contributed by atoms with Crippen LogP contribution in [0.5, 0.6) is 0 Å². The third-order valence-corrected chi connectivity index (χ3v) is 1.41. The lowest BCUT2D eigenvalue weighted by molar-refractivity contribution is 0.210. The van der Waals surface area contributed by atoms with Crippen molar-refractivity contribution in [1.82, 2.24) is 10.2 Å². The highest BCUT2D eigenvalue weighted by molar-refractivity contribution is 5.16. The van der Waals surface area contributed by atoms with E-state index in [0.717, 1.165) is 0 Å². The average molecular weight is 186 g/mol. The van der Waals surface area contributed by atoms with E-state index in [1.54, 1.807) is 14.0 Å². The van der Waals surface area contributed by atoms with Crippen LogP contribution in [0.4, 0.5) is 6.01 Å². The van der Waals surface area contributed by atoms with E-state index in [-0.39, 0.29) is 6.04 Å². The molecule has 0 bridgehead atoms. The summed E-state index contributed by atoms with van der Waals surface area (Å²) in [5.74, 6) is 0.430. The molecule has 0 aromatic carbocycles. The summed E-state index contributed by atoms with van der Waals surface area (Å²) < 4.78 is 10.0. The Balaban J connectivity index is 2.40. The minimum atomic E-state index is -0.231. The first-order valence-corrected chi connectivity index (χ1v) is 4.06. The van der Waals surface area contributed by atoms with Crippen molar-refractivity contribution in [2.24, 2.45) is 5.73 Å². The molecule has 0 fully saturated rings. The number of ether oxygens (including phenoxy) is 1. The van der Waals surface area contributed by atoms with Gasteiger partial charge in [0.25, 0.3) is 0 Å². The Hall–Kier alpha value is -1.14. The number of rotatable bonds is 5. The number of aromatic nitrogens is 2. The summed E-state index contributed by atoms with van der Waals surface area (Å²) in [5.41, 5.74) is 5.53. The first-order chi connectivity index (χ1) is 6.24. The monoisotopic (exact) mass is 186 g/mol. The Morgan fingerprint density at radius 1 is 1.62 bits per heavy atom. The Bertz CT molecular complexity index is 248. The van der Waals surface area contributed by atoms with Crippen molar-refractivity contribution < 1.29 is 9.15 Å². The Labute approximate surface area is 76.5 Å². The number of nitrogens with zero attached hydrogens (tertiary/aromatic N) is 2. The van der Waals surface area contributed by atoms with Crippen molar-refractivity contribution in [3.8, 4) is 0 Å². The molecule has 6 heteroatoms. The van der Waals surface area contributed by atoms with Crippen molar-refractivity contribution in [3.05, 3.63) is 5.89 Å². The lowest BCUT2D eigenvalue weighted by atomic mass is 10.4. The van der Waals surface area contributed by atoms with E-state index < -0.39 is 0 Å². The molecule has 1 heterocycles. The van der Waals surface area contributed by atoms with E-state index in [2.05, 4.69) is 15.5 Å². The van der Waals surface area contributed by atoms with Crippen LogP contribution in [-0.2, 0) is 4.74 Å². The molecule has 0 aliphatic carbocycles. The van der Waals surface area contributed by atoms with Gasteiger partial charge in [0.15, 0.2) is 0 Å². The molecule has 3 N–H and O–H groups in total. The maximum atomic E-state index is 5.53. The molecule has 1 rings (SSSR count). The predicted octanol–water partition coefficient (Wildman–Crippen LogP) is 0.148. The van der Waals surface area contributed by atoms with E-state index in [4.69, 9.17) is 14.9 Å². The number of methoxy groups -OCH3 is 1. The van der Waals surface area contributed by atoms with Crippen molar-refractivity contribution in [1.29, 1.82) is 0 Å². The van der Waals surface area contributed by atoms with Crippen molar-refractivity contribution in [3.63, 3.8) is 0 Å². The number of hydrogen-bond donors (Lipinski definition) is 2. The van der Waals surface area contributed by atoms with Gasteiger partial charge in [-0.25, -0.2) is 0 Å². The summed E-state index contributed by atoms with van der Waals surface area (Å²) in [4.78, 5) is 0. The first kappa shape index (κ1) is 9.94. The van der Waals surface area contributed by atoms with Crippen molar-refractivity contribution in [2.75, 3.05) is 25.6 Å². The Morgan fingerprint density at radius 2 is 2.38 bits per heavy atom.